The molecule has 0 N–H and O–H groups in total. The highest BCUT2D eigenvalue weighted by Crippen LogP contribution is 2.23. The molecule has 14 nitrogen and oxygen atoms in total. The number of hydrogen-bond acceptors (Lipinski definition) is 14. The predicted octanol–water partition coefficient (Wildman–Crippen LogP) is 13.2. The number of carbonyl (C=O) groups excluding carboxylic acids is 6. The summed E-state index contributed by atoms with van der Waals surface area (Å²) >= 11 is 0. The predicted molar refractivity (Wildman–Crippen MR) is 286 cm³/mol. The largest absolute Gasteiger partial charge is 0.494 e. The van der Waals surface area contributed by atoms with Gasteiger partial charge in [-0.15, -0.1) is 0 Å². The van der Waals surface area contributed by atoms with Crippen LogP contribution < -0.4 is 28.4 Å². The van der Waals surface area contributed by atoms with Gasteiger partial charge in [0.1, 0.15) is 34.5 Å². The fourth-order valence-electron chi connectivity index (χ4n) is 7.49. The lowest BCUT2D eigenvalue weighted by atomic mass is 10.1. The minimum Gasteiger partial charge on any atom is -0.494 e. The molecule has 0 fully saturated rings. The Morgan fingerprint density at radius 2 is 0.500 bits per heavy atom. The molecule has 6 aromatic rings. The molecule has 0 saturated carbocycles. The van der Waals surface area contributed by atoms with Gasteiger partial charge >= 0.3 is 35.8 Å². The van der Waals surface area contributed by atoms with Gasteiger partial charge in [-0.05, 0) is 161 Å². The van der Waals surface area contributed by atoms with E-state index < -0.39 is 35.8 Å². The van der Waals surface area contributed by atoms with Crippen molar-refractivity contribution in [2.75, 3.05) is 26.4 Å². The molecule has 0 aromatic heterocycles. The molecular formula is C62H66O14. The zero-order valence-corrected chi connectivity index (χ0v) is 43.3. The van der Waals surface area contributed by atoms with Crippen LogP contribution in [-0.2, 0) is 19.1 Å². The molecule has 0 aliphatic rings. The Hall–Kier alpha value is -8.26. The van der Waals surface area contributed by atoms with Crippen molar-refractivity contribution in [2.24, 2.45) is 0 Å². The van der Waals surface area contributed by atoms with Gasteiger partial charge in [0, 0.05) is 0 Å². The van der Waals surface area contributed by atoms with Crippen LogP contribution in [0.3, 0.4) is 0 Å². The van der Waals surface area contributed by atoms with Crippen LogP contribution >= 0.6 is 0 Å². The van der Waals surface area contributed by atoms with Crippen molar-refractivity contribution in [1.29, 1.82) is 0 Å². The van der Waals surface area contributed by atoms with Gasteiger partial charge in [-0.1, -0.05) is 86.8 Å². The van der Waals surface area contributed by atoms with Crippen LogP contribution in [-0.4, -0.2) is 62.2 Å². The number of rotatable bonds is 31. The van der Waals surface area contributed by atoms with E-state index in [0.29, 0.717) is 83.2 Å². The maximum atomic E-state index is 12.7. The van der Waals surface area contributed by atoms with Gasteiger partial charge in [-0.25, -0.2) is 19.2 Å². The Morgan fingerprint density at radius 1 is 0.276 bits per heavy atom. The first-order chi connectivity index (χ1) is 37.0. The third-order valence-corrected chi connectivity index (χ3v) is 11.9. The first-order valence-corrected chi connectivity index (χ1v) is 26.0. The highest BCUT2D eigenvalue weighted by molar-refractivity contribution is 5.93. The van der Waals surface area contributed by atoms with Gasteiger partial charge in [0.05, 0.1) is 61.5 Å². The van der Waals surface area contributed by atoms with Crippen molar-refractivity contribution in [1.82, 2.24) is 0 Å². The molecule has 0 bridgehead atoms. The first kappa shape index (κ1) is 57.0. The molecule has 0 saturated heterocycles. The second-order valence-corrected chi connectivity index (χ2v) is 18.2. The topological polar surface area (TPSA) is 176 Å². The molecule has 0 radical (unpaired) electrons. The SMILES string of the molecule is Cc1ccc(C(=O)Oc2ccc(OC(=O)c3ccc(OCCCCCCCCOC(=O)CCC(=O)OCCCCCCCCOc4ccc(C(=O)Oc5ccc(OC(=O)c6ccc(C)cc6)cc5)cc4)cc3)cc2)cc1. The molecule has 0 aliphatic carbocycles. The zero-order chi connectivity index (χ0) is 53.7. The van der Waals surface area contributed by atoms with Crippen LogP contribution in [0.25, 0.3) is 0 Å². The fourth-order valence-corrected chi connectivity index (χ4v) is 7.49. The number of esters is 6. The summed E-state index contributed by atoms with van der Waals surface area (Å²) in [5.74, 6) is -0.151. The van der Waals surface area contributed by atoms with E-state index in [1.807, 2.05) is 38.1 Å². The van der Waals surface area contributed by atoms with E-state index in [9.17, 15) is 28.8 Å². The minimum absolute atomic E-state index is 0.00308. The first-order valence-electron chi connectivity index (χ1n) is 26.0. The highest BCUT2D eigenvalue weighted by Gasteiger charge is 2.15. The standard InChI is InChI=1S/C62H66O14/c1-45-15-19-47(20-16-45)59(65)73-53-31-35-55(36-32-53)75-61(67)49-23-27-51(28-24-49)69-41-11-7-3-5-9-13-43-71-57(63)39-40-58(64)72-44-14-10-6-4-8-12-42-70-52-29-25-50(26-30-52)62(68)76-56-37-33-54(34-38-56)74-60(66)48-21-17-46(2)18-22-48/h15-38H,3-14,39-44H2,1-2H3. The summed E-state index contributed by atoms with van der Waals surface area (Å²) < 4.78 is 44.0. The summed E-state index contributed by atoms with van der Waals surface area (Å²) in [7, 11) is 0. The van der Waals surface area contributed by atoms with Crippen LogP contribution in [0.4, 0.5) is 0 Å². The number of aryl methyl sites for hydroxylation is 2. The lowest BCUT2D eigenvalue weighted by Gasteiger charge is -2.09. The zero-order valence-electron chi connectivity index (χ0n) is 43.3. The Bertz CT molecular complexity index is 2560. The van der Waals surface area contributed by atoms with Crippen LogP contribution in [0.15, 0.2) is 146 Å². The van der Waals surface area contributed by atoms with Crippen molar-refractivity contribution in [3.05, 3.63) is 179 Å². The molecule has 398 valence electrons. The maximum absolute atomic E-state index is 12.7. The third-order valence-electron chi connectivity index (χ3n) is 11.9. The molecule has 14 heteroatoms. The van der Waals surface area contributed by atoms with Crippen molar-refractivity contribution >= 4 is 35.8 Å². The Morgan fingerprint density at radius 3 is 0.776 bits per heavy atom. The number of benzene rings is 6. The molecule has 6 aromatic carbocycles. The molecular weight excluding hydrogens is 969 g/mol. The Kier molecular flexibility index (Phi) is 23.6. The second-order valence-electron chi connectivity index (χ2n) is 18.2. The van der Waals surface area contributed by atoms with Gasteiger partial charge in [0.25, 0.3) is 0 Å². The van der Waals surface area contributed by atoms with Crippen LogP contribution in [0.5, 0.6) is 34.5 Å². The molecule has 0 amide bonds. The summed E-state index contributed by atoms with van der Waals surface area (Å²) in [4.78, 5) is 74.3. The minimum atomic E-state index is -0.520. The number of hydrogen-bond donors (Lipinski definition) is 0. The second kappa shape index (κ2) is 31.5. The Labute approximate surface area is 444 Å². The number of ether oxygens (including phenoxy) is 8. The number of carbonyl (C=O) groups is 6. The van der Waals surface area contributed by atoms with Crippen molar-refractivity contribution in [3.8, 4) is 34.5 Å². The van der Waals surface area contributed by atoms with E-state index in [1.165, 1.54) is 0 Å². The van der Waals surface area contributed by atoms with E-state index in [1.54, 1.807) is 121 Å². The molecule has 0 spiro atoms. The molecule has 0 heterocycles. The van der Waals surface area contributed by atoms with Crippen molar-refractivity contribution in [3.63, 3.8) is 0 Å². The van der Waals surface area contributed by atoms with E-state index in [-0.39, 0.29) is 12.8 Å². The highest BCUT2D eigenvalue weighted by atomic mass is 16.6. The molecule has 0 atom stereocenters. The van der Waals surface area contributed by atoms with E-state index >= 15 is 0 Å². The average molecular weight is 1040 g/mol. The fraction of sp³-hybridized carbons (Fsp3) is 0.323. The summed E-state index contributed by atoms with van der Waals surface area (Å²) in [6.07, 6.45) is 11.2. The molecule has 0 aliphatic heterocycles. The molecule has 76 heavy (non-hydrogen) atoms. The van der Waals surface area contributed by atoms with Gasteiger partial charge in [-0.2, -0.15) is 0 Å². The number of unbranched alkanes of at least 4 members (excludes halogenated alkanes) is 10. The van der Waals surface area contributed by atoms with E-state index in [4.69, 9.17) is 37.9 Å². The van der Waals surface area contributed by atoms with Crippen molar-refractivity contribution in [2.45, 2.75) is 104 Å². The van der Waals surface area contributed by atoms with Crippen molar-refractivity contribution < 1.29 is 66.7 Å². The van der Waals surface area contributed by atoms with Gasteiger partial charge in [0.2, 0.25) is 0 Å². The summed E-state index contributed by atoms with van der Waals surface area (Å²) in [5.41, 5.74) is 3.72. The Balaban J connectivity index is 0.684. The van der Waals surface area contributed by atoms with E-state index in [2.05, 4.69) is 0 Å². The van der Waals surface area contributed by atoms with Crippen LogP contribution in [0.1, 0.15) is 142 Å². The summed E-state index contributed by atoms with van der Waals surface area (Å²) in [6, 6.07) is 40.2. The molecule has 0 unspecified atom stereocenters. The van der Waals surface area contributed by atoms with Gasteiger partial charge < -0.3 is 37.9 Å². The van der Waals surface area contributed by atoms with Crippen LogP contribution in [0.2, 0.25) is 0 Å². The molecule has 6 rings (SSSR count). The maximum Gasteiger partial charge on any atom is 0.343 e. The normalized spacial score (nSPS) is 10.7. The van der Waals surface area contributed by atoms with Crippen LogP contribution in [0, 0.1) is 13.8 Å². The summed E-state index contributed by atoms with van der Waals surface area (Å²) in [6.45, 7) is 5.63. The smallest absolute Gasteiger partial charge is 0.343 e. The quantitative estimate of drug-likeness (QED) is 0.0228. The lowest BCUT2D eigenvalue weighted by Crippen LogP contribution is -2.11. The van der Waals surface area contributed by atoms with Gasteiger partial charge in [0.15, 0.2) is 0 Å². The summed E-state index contributed by atoms with van der Waals surface area (Å²) in [5, 5.41) is 0. The lowest BCUT2D eigenvalue weighted by molar-refractivity contribution is -0.150. The average Bonchev–Trinajstić information content (AvgIpc) is 3.43. The van der Waals surface area contributed by atoms with E-state index in [0.717, 1.165) is 88.2 Å². The third kappa shape index (κ3) is 20.9. The monoisotopic (exact) mass is 1030 g/mol. The van der Waals surface area contributed by atoms with Gasteiger partial charge in [-0.3, -0.25) is 9.59 Å².